The summed E-state index contributed by atoms with van der Waals surface area (Å²) in [5.74, 6) is 0. The predicted molar refractivity (Wildman–Crippen MR) is 67.0 cm³/mol. The fourth-order valence-electron chi connectivity index (χ4n) is 1.92. The molecule has 1 N–H and O–H groups in total. The third-order valence-corrected chi connectivity index (χ3v) is 2.84. The molecule has 3 nitrogen and oxygen atoms in total. The molecule has 0 saturated heterocycles. The minimum Gasteiger partial charge on any atom is -0.392 e. The molecule has 1 aromatic heterocycles. The molecule has 0 saturated carbocycles. The van der Waals surface area contributed by atoms with E-state index >= 15 is 0 Å². The number of nitrogens with zero attached hydrogens (tertiary/aromatic N) is 2. The van der Waals surface area contributed by atoms with Crippen molar-refractivity contribution in [1.29, 1.82) is 0 Å². The molecule has 84 valence electrons. The lowest BCUT2D eigenvalue weighted by Crippen LogP contribution is -1.96. The second-order valence-corrected chi connectivity index (χ2v) is 3.94. The molecule has 0 spiro atoms. The molecular formula is C14H12N2O. The van der Waals surface area contributed by atoms with Crippen molar-refractivity contribution in [2.45, 2.75) is 6.61 Å². The third kappa shape index (κ3) is 1.70. The summed E-state index contributed by atoms with van der Waals surface area (Å²) in [6.07, 6.45) is 1.86. The highest BCUT2D eigenvalue weighted by molar-refractivity contribution is 5.80. The molecule has 0 aliphatic rings. The largest absolute Gasteiger partial charge is 0.392 e. The molecule has 0 amide bonds. The lowest BCUT2D eigenvalue weighted by molar-refractivity contribution is 0.282. The zero-order chi connectivity index (χ0) is 11.7. The molecule has 0 unspecified atom stereocenters. The Bertz CT molecular complexity index is 641. The Morgan fingerprint density at radius 1 is 1.00 bits per heavy atom. The van der Waals surface area contributed by atoms with Crippen molar-refractivity contribution in [3.05, 3.63) is 60.3 Å². The first kappa shape index (κ1) is 10.1. The zero-order valence-corrected chi connectivity index (χ0v) is 9.24. The number of aliphatic hydroxyl groups excluding tert-OH is 1. The number of para-hydroxylation sites is 1. The van der Waals surface area contributed by atoms with Crippen LogP contribution in [0.15, 0.2) is 54.7 Å². The summed E-state index contributed by atoms with van der Waals surface area (Å²) in [6, 6.07) is 15.8. The number of rotatable bonds is 2. The van der Waals surface area contributed by atoms with E-state index in [0.717, 1.165) is 22.2 Å². The summed E-state index contributed by atoms with van der Waals surface area (Å²) in [5, 5.41) is 14.5. The highest BCUT2D eigenvalue weighted by Crippen LogP contribution is 2.18. The van der Waals surface area contributed by atoms with E-state index in [1.165, 1.54) is 0 Å². The topological polar surface area (TPSA) is 38.0 Å². The van der Waals surface area contributed by atoms with Crippen LogP contribution >= 0.6 is 0 Å². The van der Waals surface area contributed by atoms with Gasteiger partial charge in [-0.3, -0.25) is 0 Å². The summed E-state index contributed by atoms with van der Waals surface area (Å²) in [4.78, 5) is 0. The quantitative estimate of drug-likeness (QED) is 0.726. The zero-order valence-electron chi connectivity index (χ0n) is 9.24. The van der Waals surface area contributed by atoms with Crippen LogP contribution in [0.25, 0.3) is 16.6 Å². The van der Waals surface area contributed by atoms with E-state index in [2.05, 4.69) is 5.10 Å². The summed E-state index contributed by atoms with van der Waals surface area (Å²) in [7, 11) is 0. The number of hydrogen-bond donors (Lipinski definition) is 1. The fraction of sp³-hybridized carbons (Fsp3) is 0.0714. The van der Waals surface area contributed by atoms with Gasteiger partial charge < -0.3 is 5.11 Å². The number of aromatic nitrogens is 2. The summed E-state index contributed by atoms with van der Waals surface area (Å²) in [6.45, 7) is 0.0696. The average Bonchev–Trinajstić information content (AvgIpc) is 2.83. The van der Waals surface area contributed by atoms with Crippen LogP contribution in [0, 0.1) is 0 Å². The Morgan fingerprint density at radius 3 is 2.53 bits per heavy atom. The van der Waals surface area contributed by atoms with Crippen LogP contribution < -0.4 is 0 Å². The van der Waals surface area contributed by atoms with Crippen molar-refractivity contribution < 1.29 is 5.11 Å². The molecule has 2 aromatic carbocycles. The van der Waals surface area contributed by atoms with Crippen molar-refractivity contribution in [1.82, 2.24) is 9.78 Å². The molecule has 3 rings (SSSR count). The van der Waals surface area contributed by atoms with Gasteiger partial charge in [-0.15, -0.1) is 0 Å². The first-order valence-electron chi connectivity index (χ1n) is 5.51. The Labute approximate surface area is 98.9 Å². The van der Waals surface area contributed by atoms with Crippen molar-refractivity contribution in [3.63, 3.8) is 0 Å². The van der Waals surface area contributed by atoms with Gasteiger partial charge in [-0.25, -0.2) is 4.68 Å². The Hall–Kier alpha value is -2.13. The minimum absolute atomic E-state index is 0.0696. The number of aliphatic hydroxyl groups is 1. The lowest BCUT2D eigenvalue weighted by atomic mass is 10.2. The maximum atomic E-state index is 9.01. The first-order valence-corrected chi connectivity index (χ1v) is 5.51. The van der Waals surface area contributed by atoms with Gasteiger partial charge in [0.15, 0.2) is 0 Å². The van der Waals surface area contributed by atoms with Crippen molar-refractivity contribution in [2.24, 2.45) is 0 Å². The van der Waals surface area contributed by atoms with E-state index in [1.807, 2.05) is 59.4 Å². The molecule has 0 atom stereocenters. The Kier molecular flexibility index (Phi) is 2.38. The van der Waals surface area contributed by atoms with Crippen LogP contribution in [0.3, 0.4) is 0 Å². The maximum Gasteiger partial charge on any atom is 0.0741 e. The van der Waals surface area contributed by atoms with Gasteiger partial charge in [-0.05, 0) is 23.8 Å². The fourth-order valence-corrected chi connectivity index (χ4v) is 1.92. The third-order valence-electron chi connectivity index (χ3n) is 2.84. The molecule has 0 aliphatic carbocycles. The summed E-state index contributed by atoms with van der Waals surface area (Å²) < 4.78 is 1.90. The molecule has 3 aromatic rings. The molecule has 0 radical (unpaired) electrons. The number of benzene rings is 2. The van der Waals surface area contributed by atoms with Crippen molar-refractivity contribution >= 4 is 10.9 Å². The van der Waals surface area contributed by atoms with E-state index < -0.39 is 0 Å². The SMILES string of the molecule is OCc1ccc(-n2ncc3ccccc32)cc1. The van der Waals surface area contributed by atoms with Crippen molar-refractivity contribution in [2.75, 3.05) is 0 Å². The second kappa shape index (κ2) is 4.03. The molecule has 0 fully saturated rings. The molecule has 1 heterocycles. The van der Waals surface area contributed by atoms with Crippen LogP contribution in [0.2, 0.25) is 0 Å². The molecule has 0 aliphatic heterocycles. The predicted octanol–water partition coefficient (Wildman–Crippen LogP) is 2.52. The average molecular weight is 224 g/mol. The maximum absolute atomic E-state index is 9.01. The Morgan fingerprint density at radius 2 is 1.76 bits per heavy atom. The lowest BCUT2D eigenvalue weighted by Gasteiger charge is -2.04. The minimum atomic E-state index is 0.0696. The van der Waals surface area contributed by atoms with Gasteiger partial charge in [-0.2, -0.15) is 5.10 Å². The second-order valence-electron chi connectivity index (χ2n) is 3.94. The highest BCUT2D eigenvalue weighted by atomic mass is 16.3. The van der Waals surface area contributed by atoms with Gasteiger partial charge in [0.2, 0.25) is 0 Å². The van der Waals surface area contributed by atoms with Gasteiger partial charge in [0.1, 0.15) is 0 Å². The van der Waals surface area contributed by atoms with Crippen LogP contribution in [0.1, 0.15) is 5.56 Å². The van der Waals surface area contributed by atoms with E-state index in [1.54, 1.807) is 0 Å². The standard InChI is InChI=1S/C14H12N2O/c17-10-11-5-7-13(8-6-11)16-14-4-2-1-3-12(14)9-15-16/h1-9,17H,10H2. The van der Waals surface area contributed by atoms with Gasteiger partial charge in [0.05, 0.1) is 24.0 Å². The normalized spacial score (nSPS) is 10.9. The molecule has 0 bridgehead atoms. The van der Waals surface area contributed by atoms with Crippen LogP contribution in [-0.4, -0.2) is 14.9 Å². The van der Waals surface area contributed by atoms with Gasteiger partial charge >= 0.3 is 0 Å². The molecule has 3 heteroatoms. The van der Waals surface area contributed by atoms with Crippen LogP contribution in [0.4, 0.5) is 0 Å². The van der Waals surface area contributed by atoms with E-state index in [-0.39, 0.29) is 6.61 Å². The monoisotopic (exact) mass is 224 g/mol. The first-order chi connectivity index (χ1) is 8.38. The van der Waals surface area contributed by atoms with E-state index in [4.69, 9.17) is 5.11 Å². The van der Waals surface area contributed by atoms with E-state index in [0.29, 0.717) is 0 Å². The van der Waals surface area contributed by atoms with Crippen LogP contribution in [-0.2, 0) is 6.61 Å². The molecular weight excluding hydrogens is 212 g/mol. The Balaban J connectivity index is 2.13. The highest BCUT2D eigenvalue weighted by Gasteiger charge is 2.03. The van der Waals surface area contributed by atoms with Gasteiger partial charge in [0, 0.05) is 5.39 Å². The number of fused-ring (bicyclic) bond motifs is 1. The van der Waals surface area contributed by atoms with Gasteiger partial charge in [0.25, 0.3) is 0 Å². The van der Waals surface area contributed by atoms with Crippen molar-refractivity contribution in [3.8, 4) is 5.69 Å². The smallest absolute Gasteiger partial charge is 0.0741 e. The summed E-state index contributed by atoms with van der Waals surface area (Å²) >= 11 is 0. The number of hydrogen-bond acceptors (Lipinski definition) is 2. The molecule has 17 heavy (non-hydrogen) atoms. The summed E-state index contributed by atoms with van der Waals surface area (Å²) in [5.41, 5.74) is 3.00. The van der Waals surface area contributed by atoms with Gasteiger partial charge in [-0.1, -0.05) is 30.3 Å². The van der Waals surface area contributed by atoms with E-state index in [9.17, 15) is 0 Å². The van der Waals surface area contributed by atoms with Crippen LogP contribution in [0.5, 0.6) is 0 Å².